The van der Waals surface area contributed by atoms with Crippen molar-refractivity contribution in [2.24, 2.45) is 7.05 Å². The van der Waals surface area contributed by atoms with E-state index in [0.29, 0.717) is 29.2 Å². The molecule has 0 saturated heterocycles. The maximum atomic E-state index is 15.3. The number of halogens is 1. The summed E-state index contributed by atoms with van der Waals surface area (Å²) in [5.41, 5.74) is 3.16. The Morgan fingerprint density at radius 1 is 1.20 bits per heavy atom. The molecule has 1 amide bonds. The number of nitrogens with one attached hydrogen (secondary N) is 1. The lowest BCUT2D eigenvalue weighted by atomic mass is 9.95. The second kappa shape index (κ2) is 8.02. The van der Waals surface area contributed by atoms with Gasteiger partial charge in [-0.3, -0.25) is 4.79 Å². The highest BCUT2D eigenvalue weighted by Gasteiger charge is 2.25. The zero-order chi connectivity index (χ0) is 21.3. The van der Waals surface area contributed by atoms with Crippen molar-refractivity contribution >= 4 is 23.2 Å². The third-order valence-corrected chi connectivity index (χ3v) is 5.24. The number of aryl methyl sites for hydroxylation is 1. The molecule has 0 atom stereocenters. The third-order valence-electron chi connectivity index (χ3n) is 5.24. The number of carbonyl (C=O) groups excluding carboxylic acids is 1. The summed E-state index contributed by atoms with van der Waals surface area (Å²) in [6.45, 7) is 4.81. The molecule has 1 N–H and O–H groups in total. The van der Waals surface area contributed by atoms with Crippen LogP contribution in [0.1, 0.15) is 34.8 Å². The highest BCUT2D eigenvalue weighted by Crippen LogP contribution is 2.31. The maximum Gasteiger partial charge on any atom is 0.266 e. The van der Waals surface area contributed by atoms with Crippen molar-refractivity contribution in [3.63, 3.8) is 0 Å². The average molecular weight is 407 g/mol. The average Bonchev–Trinajstić information content (AvgIpc) is 3.19. The minimum Gasteiger partial charge on any atom is -0.334 e. The standard InChI is InChI=1S/C21H22FN7O/c1-13-9-10-29(21-25-27-28(3)26-21)12-17(13)16-11-23-19(14(2)18(16)22)24-20(30)15-7-5-4-6-8-15/h4-8,11H,9-10,12H2,1-3H3,(H,23,24,30). The van der Waals surface area contributed by atoms with Crippen LogP contribution in [0.5, 0.6) is 0 Å². The Balaban J connectivity index is 1.60. The maximum absolute atomic E-state index is 15.3. The van der Waals surface area contributed by atoms with E-state index in [-0.39, 0.29) is 11.7 Å². The van der Waals surface area contributed by atoms with Gasteiger partial charge in [0.2, 0.25) is 0 Å². The molecule has 0 fully saturated rings. The highest BCUT2D eigenvalue weighted by atomic mass is 19.1. The highest BCUT2D eigenvalue weighted by molar-refractivity contribution is 6.04. The molecular weight excluding hydrogens is 385 g/mol. The summed E-state index contributed by atoms with van der Waals surface area (Å²) in [5.74, 6) is 0.00827. The number of carbonyl (C=O) groups is 1. The molecule has 3 heterocycles. The lowest BCUT2D eigenvalue weighted by Crippen LogP contribution is -2.32. The van der Waals surface area contributed by atoms with E-state index in [1.54, 1.807) is 38.2 Å². The summed E-state index contributed by atoms with van der Waals surface area (Å²) in [6.07, 6.45) is 2.24. The SMILES string of the molecule is CC1=C(c2cnc(NC(=O)c3ccccc3)c(C)c2F)CN(c2nnn(C)n2)CC1. The van der Waals surface area contributed by atoms with E-state index < -0.39 is 5.82 Å². The zero-order valence-corrected chi connectivity index (χ0v) is 17.1. The van der Waals surface area contributed by atoms with Gasteiger partial charge in [-0.1, -0.05) is 28.9 Å². The van der Waals surface area contributed by atoms with Crippen LogP contribution in [0.25, 0.3) is 5.57 Å². The van der Waals surface area contributed by atoms with Gasteiger partial charge in [0.25, 0.3) is 11.9 Å². The van der Waals surface area contributed by atoms with E-state index in [9.17, 15) is 4.79 Å². The molecule has 0 unspecified atom stereocenters. The van der Waals surface area contributed by atoms with Gasteiger partial charge in [0, 0.05) is 36.0 Å². The fourth-order valence-corrected chi connectivity index (χ4v) is 3.44. The van der Waals surface area contributed by atoms with E-state index >= 15 is 4.39 Å². The predicted molar refractivity (Wildman–Crippen MR) is 112 cm³/mol. The van der Waals surface area contributed by atoms with Crippen molar-refractivity contribution < 1.29 is 9.18 Å². The number of hydrogen-bond acceptors (Lipinski definition) is 6. The van der Waals surface area contributed by atoms with E-state index in [4.69, 9.17) is 0 Å². The molecule has 2 aromatic heterocycles. The Hall–Kier alpha value is -3.62. The van der Waals surface area contributed by atoms with Crippen LogP contribution in [0.4, 0.5) is 16.2 Å². The van der Waals surface area contributed by atoms with Crippen LogP contribution < -0.4 is 10.2 Å². The zero-order valence-electron chi connectivity index (χ0n) is 17.1. The van der Waals surface area contributed by atoms with Crippen LogP contribution in [0.2, 0.25) is 0 Å². The number of benzene rings is 1. The molecular formula is C21H22FN7O. The number of anilines is 2. The monoisotopic (exact) mass is 407 g/mol. The smallest absolute Gasteiger partial charge is 0.266 e. The van der Waals surface area contributed by atoms with Gasteiger partial charge in [0.05, 0.1) is 7.05 Å². The molecule has 8 nitrogen and oxygen atoms in total. The Bertz CT molecular complexity index is 1120. The first-order valence-electron chi connectivity index (χ1n) is 9.63. The minimum absolute atomic E-state index is 0.214. The summed E-state index contributed by atoms with van der Waals surface area (Å²) in [7, 11) is 1.71. The van der Waals surface area contributed by atoms with Gasteiger partial charge in [-0.25, -0.2) is 9.37 Å². The summed E-state index contributed by atoms with van der Waals surface area (Å²) >= 11 is 0. The second-order valence-corrected chi connectivity index (χ2v) is 7.29. The Kier molecular flexibility index (Phi) is 5.26. The van der Waals surface area contributed by atoms with Crippen LogP contribution in [-0.2, 0) is 7.05 Å². The normalized spacial score (nSPS) is 14.2. The number of rotatable bonds is 4. The van der Waals surface area contributed by atoms with Crippen LogP contribution in [0.3, 0.4) is 0 Å². The minimum atomic E-state index is -0.392. The molecule has 1 aliphatic rings. The van der Waals surface area contributed by atoms with Gasteiger partial charge in [0.1, 0.15) is 11.6 Å². The Labute approximate surface area is 173 Å². The largest absolute Gasteiger partial charge is 0.334 e. The van der Waals surface area contributed by atoms with Crippen LogP contribution in [0, 0.1) is 12.7 Å². The molecule has 0 bridgehead atoms. The molecule has 1 aromatic carbocycles. The molecule has 4 rings (SSSR count). The van der Waals surface area contributed by atoms with Crippen molar-refractivity contribution in [3.8, 4) is 0 Å². The molecule has 0 saturated carbocycles. The van der Waals surface area contributed by atoms with E-state index in [0.717, 1.165) is 24.1 Å². The molecule has 3 aromatic rings. The topological polar surface area (TPSA) is 88.8 Å². The summed E-state index contributed by atoms with van der Waals surface area (Å²) < 4.78 is 15.3. The first kappa shape index (κ1) is 19.7. The molecule has 30 heavy (non-hydrogen) atoms. The molecule has 0 spiro atoms. The molecule has 154 valence electrons. The van der Waals surface area contributed by atoms with Crippen LogP contribution in [0.15, 0.2) is 42.1 Å². The van der Waals surface area contributed by atoms with E-state index in [2.05, 4.69) is 25.7 Å². The van der Waals surface area contributed by atoms with Gasteiger partial charge >= 0.3 is 0 Å². The first-order chi connectivity index (χ1) is 14.4. The Morgan fingerprint density at radius 3 is 2.67 bits per heavy atom. The predicted octanol–water partition coefficient (Wildman–Crippen LogP) is 2.99. The summed E-state index contributed by atoms with van der Waals surface area (Å²) in [4.78, 5) is 20.1. The van der Waals surface area contributed by atoms with Gasteiger partial charge in [-0.05, 0) is 43.2 Å². The third kappa shape index (κ3) is 3.78. The van der Waals surface area contributed by atoms with Crippen molar-refractivity contribution in [2.45, 2.75) is 20.3 Å². The fourth-order valence-electron chi connectivity index (χ4n) is 3.44. The van der Waals surface area contributed by atoms with Gasteiger partial charge in [-0.15, -0.1) is 5.10 Å². The molecule has 1 aliphatic heterocycles. The fraction of sp³-hybridized carbons (Fsp3) is 0.286. The van der Waals surface area contributed by atoms with Gasteiger partial charge < -0.3 is 10.2 Å². The number of amides is 1. The molecule has 0 radical (unpaired) electrons. The van der Waals surface area contributed by atoms with E-state index in [1.807, 2.05) is 17.9 Å². The van der Waals surface area contributed by atoms with Crippen molar-refractivity contribution in [3.05, 3.63) is 64.6 Å². The number of tetrazole rings is 1. The van der Waals surface area contributed by atoms with Crippen molar-refractivity contribution in [1.29, 1.82) is 0 Å². The molecule has 0 aliphatic carbocycles. The second-order valence-electron chi connectivity index (χ2n) is 7.29. The van der Waals surface area contributed by atoms with Crippen LogP contribution >= 0.6 is 0 Å². The lowest BCUT2D eigenvalue weighted by molar-refractivity contribution is 0.102. The Morgan fingerprint density at radius 2 is 1.97 bits per heavy atom. The summed E-state index contributed by atoms with van der Waals surface area (Å²) in [5, 5.41) is 14.9. The van der Waals surface area contributed by atoms with Crippen molar-refractivity contribution in [2.75, 3.05) is 23.3 Å². The quantitative estimate of drug-likeness (QED) is 0.715. The van der Waals surface area contributed by atoms with Crippen molar-refractivity contribution in [1.82, 2.24) is 25.2 Å². The first-order valence-corrected chi connectivity index (χ1v) is 9.63. The lowest BCUT2D eigenvalue weighted by Gasteiger charge is -2.29. The van der Waals surface area contributed by atoms with Crippen LogP contribution in [-0.4, -0.2) is 44.2 Å². The molecule has 9 heteroatoms. The number of aromatic nitrogens is 5. The number of nitrogens with zero attached hydrogens (tertiary/aromatic N) is 6. The number of pyridine rings is 1. The summed E-state index contributed by atoms with van der Waals surface area (Å²) in [6, 6.07) is 8.76. The van der Waals surface area contributed by atoms with Gasteiger partial charge in [0.15, 0.2) is 0 Å². The van der Waals surface area contributed by atoms with E-state index in [1.165, 1.54) is 11.0 Å². The van der Waals surface area contributed by atoms with Gasteiger partial charge in [-0.2, -0.15) is 4.80 Å². The number of hydrogen-bond donors (Lipinski definition) is 1.